The molecule has 110 valence electrons. The van der Waals surface area contributed by atoms with Crippen LogP contribution < -0.4 is 4.74 Å². The molecule has 1 rings (SSSR count). The molecule has 1 aromatic carbocycles. The van der Waals surface area contributed by atoms with E-state index in [4.69, 9.17) is 4.74 Å². The quantitative estimate of drug-likeness (QED) is 0.352. The number of hydrogen-bond donors (Lipinski definition) is 0. The van der Waals surface area contributed by atoms with Gasteiger partial charge in [0.2, 0.25) is 0 Å². The van der Waals surface area contributed by atoms with Crippen LogP contribution in [0.4, 0.5) is 0 Å². The maximum absolute atomic E-state index is 5.70. The highest BCUT2D eigenvalue weighted by Gasteiger charge is 2.25. The van der Waals surface area contributed by atoms with Crippen molar-refractivity contribution in [3.63, 3.8) is 0 Å². The minimum Gasteiger partial charge on any atom is -0.496 e. The van der Waals surface area contributed by atoms with Gasteiger partial charge in [-0.15, -0.1) is 5.73 Å². The first-order valence-corrected chi connectivity index (χ1v) is 8.14. The monoisotopic (exact) mass is 384 g/mol. The van der Waals surface area contributed by atoms with Gasteiger partial charge < -0.3 is 4.74 Å². The number of halogens is 1. The summed E-state index contributed by atoms with van der Waals surface area (Å²) in [5.41, 5.74) is 8.03. The molecule has 0 aromatic heterocycles. The van der Waals surface area contributed by atoms with Crippen LogP contribution in [0.15, 0.2) is 18.4 Å². The fraction of sp³-hybridized carbons (Fsp3) is 0.500. The highest BCUT2D eigenvalue weighted by molar-refractivity contribution is 14.1. The summed E-state index contributed by atoms with van der Waals surface area (Å²) in [5.74, 6) is 1.39. The summed E-state index contributed by atoms with van der Waals surface area (Å²) in [6.45, 7) is 14.8. The standard InChI is InChI=1S/C18H25IO/c1-8-10-14-13(9-2)16(18(5,6)19)11-15(12(3)4)17(14)20-7/h10-12H,1,9H2,2-7H3. The number of hydrogen-bond acceptors (Lipinski definition) is 1. The Hall–Kier alpha value is -0.730. The Kier molecular flexibility index (Phi) is 5.91. The second-order valence-electron chi connectivity index (χ2n) is 5.77. The van der Waals surface area contributed by atoms with E-state index in [0.717, 1.165) is 17.7 Å². The average Bonchev–Trinajstić information content (AvgIpc) is 2.36. The first-order valence-electron chi connectivity index (χ1n) is 7.06. The van der Waals surface area contributed by atoms with E-state index in [2.05, 4.69) is 75.6 Å². The van der Waals surface area contributed by atoms with Gasteiger partial charge in [0.15, 0.2) is 0 Å². The number of alkyl halides is 1. The molecule has 1 nitrogen and oxygen atoms in total. The van der Waals surface area contributed by atoms with E-state index < -0.39 is 0 Å². The summed E-state index contributed by atoms with van der Waals surface area (Å²) in [6, 6.07) is 2.31. The molecule has 0 bridgehead atoms. The smallest absolute Gasteiger partial charge is 0.130 e. The Morgan fingerprint density at radius 3 is 2.40 bits per heavy atom. The molecule has 0 aliphatic carbocycles. The zero-order valence-electron chi connectivity index (χ0n) is 13.4. The van der Waals surface area contributed by atoms with E-state index in [-0.39, 0.29) is 3.42 Å². The van der Waals surface area contributed by atoms with E-state index in [1.165, 1.54) is 16.7 Å². The van der Waals surface area contributed by atoms with Gasteiger partial charge in [-0.2, -0.15) is 0 Å². The van der Waals surface area contributed by atoms with Gasteiger partial charge in [-0.1, -0.05) is 56.0 Å². The van der Waals surface area contributed by atoms with Crippen molar-refractivity contribution in [1.29, 1.82) is 0 Å². The van der Waals surface area contributed by atoms with Gasteiger partial charge in [-0.3, -0.25) is 0 Å². The molecule has 0 fully saturated rings. The molecule has 0 N–H and O–H groups in total. The van der Waals surface area contributed by atoms with Crippen molar-refractivity contribution in [2.24, 2.45) is 0 Å². The molecule has 0 atom stereocenters. The van der Waals surface area contributed by atoms with Crippen LogP contribution in [0.25, 0.3) is 6.08 Å². The van der Waals surface area contributed by atoms with Crippen LogP contribution >= 0.6 is 22.6 Å². The minimum atomic E-state index is 0.0861. The van der Waals surface area contributed by atoms with Crippen molar-refractivity contribution in [1.82, 2.24) is 0 Å². The van der Waals surface area contributed by atoms with Crippen LogP contribution in [-0.2, 0) is 9.84 Å². The third kappa shape index (κ3) is 3.48. The predicted molar refractivity (Wildman–Crippen MR) is 97.1 cm³/mol. The summed E-state index contributed by atoms with van der Waals surface area (Å²) in [4.78, 5) is 0. The highest BCUT2D eigenvalue weighted by atomic mass is 127. The lowest BCUT2D eigenvalue weighted by molar-refractivity contribution is 0.405. The summed E-state index contributed by atoms with van der Waals surface area (Å²) < 4.78 is 5.79. The Morgan fingerprint density at radius 1 is 1.45 bits per heavy atom. The van der Waals surface area contributed by atoms with Crippen molar-refractivity contribution in [3.05, 3.63) is 40.6 Å². The lowest BCUT2D eigenvalue weighted by Gasteiger charge is -2.27. The zero-order valence-corrected chi connectivity index (χ0v) is 15.6. The normalized spacial score (nSPS) is 11.4. The van der Waals surface area contributed by atoms with E-state index in [1.807, 2.05) is 6.08 Å². The molecule has 0 heterocycles. The average molecular weight is 384 g/mol. The maximum atomic E-state index is 5.70. The number of rotatable bonds is 5. The molecule has 0 spiro atoms. The lowest BCUT2D eigenvalue weighted by atomic mass is 9.86. The molecular formula is C18H25IO. The molecule has 0 aliphatic heterocycles. The molecule has 2 heteroatoms. The number of benzene rings is 1. The third-order valence-corrected chi connectivity index (χ3v) is 4.10. The summed E-state index contributed by atoms with van der Waals surface area (Å²) >= 11 is 2.51. The minimum absolute atomic E-state index is 0.0861. The summed E-state index contributed by atoms with van der Waals surface area (Å²) in [7, 11) is 1.75. The molecular weight excluding hydrogens is 359 g/mol. The van der Waals surface area contributed by atoms with E-state index in [1.54, 1.807) is 7.11 Å². The summed E-state index contributed by atoms with van der Waals surface area (Å²) in [6.07, 6.45) is 2.93. The van der Waals surface area contributed by atoms with Crippen molar-refractivity contribution in [2.75, 3.05) is 7.11 Å². The molecule has 1 aromatic rings. The van der Waals surface area contributed by atoms with Gasteiger partial charge >= 0.3 is 0 Å². The van der Waals surface area contributed by atoms with Crippen LogP contribution in [-0.4, -0.2) is 7.11 Å². The van der Waals surface area contributed by atoms with Crippen LogP contribution in [0.1, 0.15) is 62.8 Å². The highest BCUT2D eigenvalue weighted by Crippen LogP contribution is 2.42. The Balaban J connectivity index is 3.85. The maximum Gasteiger partial charge on any atom is 0.130 e. The van der Waals surface area contributed by atoms with Gasteiger partial charge in [-0.05, 0) is 49.0 Å². The zero-order chi connectivity index (χ0) is 15.5. The predicted octanol–water partition coefficient (Wildman–Crippen LogP) is 5.85. The fourth-order valence-electron chi connectivity index (χ4n) is 2.57. The molecule has 20 heavy (non-hydrogen) atoms. The van der Waals surface area contributed by atoms with Crippen molar-refractivity contribution in [2.45, 2.75) is 50.4 Å². The fourth-order valence-corrected chi connectivity index (χ4v) is 3.05. The molecule has 0 amide bonds. The molecule has 0 saturated heterocycles. The molecule has 0 aliphatic rings. The van der Waals surface area contributed by atoms with Crippen LogP contribution in [0.5, 0.6) is 5.75 Å². The van der Waals surface area contributed by atoms with Crippen molar-refractivity contribution in [3.8, 4) is 5.75 Å². The van der Waals surface area contributed by atoms with Gasteiger partial charge in [0.1, 0.15) is 5.75 Å². The molecule has 0 radical (unpaired) electrons. The molecule has 0 saturated carbocycles. The van der Waals surface area contributed by atoms with E-state index in [9.17, 15) is 0 Å². The number of methoxy groups -OCH3 is 1. The largest absolute Gasteiger partial charge is 0.496 e. The lowest BCUT2D eigenvalue weighted by Crippen LogP contribution is -2.14. The van der Waals surface area contributed by atoms with Crippen LogP contribution in [0.2, 0.25) is 0 Å². The van der Waals surface area contributed by atoms with Crippen LogP contribution in [0.3, 0.4) is 0 Å². The topological polar surface area (TPSA) is 9.23 Å². The SMILES string of the molecule is C=C=Cc1c(CC)c(C(C)(C)I)cc(C(C)C)c1OC. The number of ether oxygens (including phenoxy) is 1. The Labute approximate surface area is 137 Å². The first kappa shape index (κ1) is 17.3. The molecule has 0 unspecified atom stereocenters. The van der Waals surface area contributed by atoms with Crippen molar-refractivity contribution < 1.29 is 4.74 Å². The van der Waals surface area contributed by atoms with Gasteiger partial charge in [0.25, 0.3) is 0 Å². The second kappa shape index (κ2) is 6.82. The second-order valence-corrected chi connectivity index (χ2v) is 8.46. The van der Waals surface area contributed by atoms with Gasteiger partial charge in [0.05, 0.1) is 7.11 Å². The Bertz CT molecular complexity index is 529. The Morgan fingerprint density at radius 2 is 2.05 bits per heavy atom. The first-order chi connectivity index (χ1) is 9.27. The van der Waals surface area contributed by atoms with Crippen LogP contribution in [0, 0.1) is 0 Å². The van der Waals surface area contributed by atoms with E-state index >= 15 is 0 Å². The third-order valence-electron chi connectivity index (χ3n) is 3.52. The van der Waals surface area contributed by atoms with Gasteiger partial charge in [-0.25, -0.2) is 0 Å². The summed E-state index contributed by atoms with van der Waals surface area (Å²) in [5, 5.41) is 0. The van der Waals surface area contributed by atoms with Crippen molar-refractivity contribution >= 4 is 28.7 Å². The van der Waals surface area contributed by atoms with E-state index in [0.29, 0.717) is 5.92 Å². The van der Waals surface area contributed by atoms with Gasteiger partial charge in [0, 0.05) is 8.99 Å².